The van der Waals surface area contributed by atoms with E-state index in [9.17, 15) is 19.6 Å². The Labute approximate surface area is 125 Å². The summed E-state index contributed by atoms with van der Waals surface area (Å²) < 4.78 is 13.4. The van der Waals surface area contributed by atoms with Gasteiger partial charge >= 0.3 is 5.69 Å². The SMILES string of the molecule is O=[N+]([O-])c1c(F)cccc1NC[C@H](O)c1ccc(Cl)cc1. The molecule has 0 aromatic heterocycles. The van der Waals surface area contributed by atoms with Crippen molar-refractivity contribution >= 4 is 23.0 Å². The Balaban J connectivity index is 2.11. The lowest BCUT2D eigenvalue weighted by atomic mass is 10.1. The minimum atomic E-state index is -0.925. The van der Waals surface area contributed by atoms with Crippen molar-refractivity contribution in [1.29, 1.82) is 0 Å². The van der Waals surface area contributed by atoms with Gasteiger partial charge in [-0.15, -0.1) is 0 Å². The molecule has 7 heteroatoms. The molecule has 5 nitrogen and oxygen atoms in total. The Morgan fingerprint density at radius 2 is 1.95 bits per heavy atom. The van der Waals surface area contributed by atoms with Gasteiger partial charge in [0.15, 0.2) is 0 Å². The van der Waals surface area contributed by atoms with E-state index in [-0.39, 0.29) is 12.2 Å². The monoisotopic (exact) mass is 310 g/mol. The summed E-state index contributed by atoms with van der Waals surface area (Å²) in [6, 6.07) is 10.3. The van der Waals surface area contributed by atoms with Gasteiger partial charge in [0.05, 0.1) is 11.0 Å². The van der Waals surface area contributed by atoms with Gasteiger partial charge in [-0.3, -0.25) is 10.1 Å². The third kappa shape index (κ3) is 3.68. The molecular formula is C14H12ClFN2O3. The first-order chi connectivity index (χ1) is 9.99. The minimum Gasteiger partial charge on any atom is -0.387 e. The molecule has 1 atom stereocenters. The molecule has 0 aliphatic carbocycles. The average Bonchev–Trinajstić information content (AvgIpc) is 2.45. The predicted molar refractivity (Wildman–Crippen MR) is 78.0 cm³/mol. The molecule has 0 heterocycles. The summed E-state index contributed by atoms with van der Waals surface area (Å²) in [4.78, 5) is 10.0. The molecule has 0 spiro atoms. The quantitative estimate of drug-likeness (QED) is 0.654. The highest BCUT2D eigenvalue weighted by molar-refractivity contribution is 6.30. The average molecular weight is 311 g/mol. The van der Waals surface area contributed by atoms with Crippen molar-refractivity contribution in [3.8, 4) is 0 Å². The number of aliphatic hydroxyl groups excluding tert-OH is 1. The maximum Gasteiger partial charge on any atom is 0.327 e. The van der Waals surface area contributed by atoms with Gasteiger partial charge in [0, 0.05) is 11.6 Å². The Kier molecular flexibility index (Phi) is 4.72. The van der Waals surface area contributed by atoms with Crippen LogP contribution in [0.2, 0.25) is 5.02 Å². The number of nitrogens with one attached hydrogen (secondary N) is 1. The smallest absolute Gasteiger partial charge is 0.327 e. The van der Waals surface area contributed by atoms with Crippen LogP contribution in [0.15, 0.2) is 42.5 Å². The Morgan fingerprint density at radius 3 is 2.57 bits per heavy atom. The van der Waals surface area contributed by atoms with Gasteiger partial charge in [0.2, 0.25) is 5.82 Å². The van der Waals surface area contributed by atoms with Gasteiger partial charge in [-0.05, 0) is 29.8 Å². The van der Waals surface area contributed by atoms with E-state index in [2.05, 4.69) is 5.32 Å². The van der Waals surface area contributed by atoms with Crippen LogP contribution in [0, 0.1) is 15.9 Å². The van der Waals surface area contributed by atoms with Crippen LogP contribution in [0.5, 0.6) is 0 Å². The molecule has 2 N–H and O–H groups in total. The summed E-state index contributed by atoms with van der Waals surface area (Å²) in [5.41, 5.74) is -0.0141. The van der Waals surface area contributed by atoms with Crippen LogP contribution in [-0.2, 0) is 0 Å². The zero-order valence-corrected chi connectivity index (χ0v) is 11.5. The predicted octanol–water partition coefficient (Wildman–Crippen LogP) is 3.53. The lowest BCUT2D eigenvalue weighted by Gasteiger charge is -2.13. The van der Waals surface area contributed by atoms with Crippen LogP contribution in [-0.4, -0.2) is 16.6 Å². The highest BCUT2D eigenvalue weighted by Gasteiger charge is 2.20. The molecule has 2 aromatic rings. The zero-order chi connectivity index (χ0) is 15.4. The molecule has 0 saturated heterocycles. The first-order valence-corrected chi connectivity index (χ1v) is 6.47. The lowest BCUT2D eigenvalue weighted by Crippen LogP contribution is -2.13. The van der Waals surface area contributed by atoms with Gasteiger partial charge in [-0.25, -0.2) is 0 Å². The molecule has 21 heavy (non-hydrogen) atoms. The summed E-state index contributed by atoms with van der Waals surface area (Å²) in [5.74, 6) is -0.925. The number of nitrogens with zero attached hydrogens (tertiary/aromatic N) is 1. The van der Waals surface area contributed by atoms with E-state index in [0.29, 0.717) is 10.6 Å². The fraction of sp³-hybridized carbons (Fsp3) is 0.143. The number of hydrogen-bond donors (Lipinski definition) is 2. The van der Waals surface area contributed by atoms with E-state index in [1.54, 1.807) is 24.3 Å². The van der Waals surface area contributed by atoms with Crippen LogP contribution >= 0.6 is 11.6 Å². The van der Waals surface area contributed by atoms with E-state index in [0.717, 1.165) is 6.07 Å². The normalized spacial score (nSPS) is 12.0. The molecule has 110 valence electrons. The van der Waals surface area contributed by atoms with Crippen LogP contribution in [0.3, 0.4) is 0 Å². The number of rotatable bonds is 5. The Morgan fingerprint density at radius 1 is 1.29 bits per heavy atom. The number of para-hydroxylation sites is 1. The summed E-state index contributed by atoms with van der Waals surface area (Å²) >= 11 is 5.75. The third-order valence-corrected chi connectivity index (χ3v) is 3.16. The Hall–Kier alpha value is -2.18. The highest BCUT2D eigenvalue weighted by Crippen LogP contribution is 2.28. The number of anilines is 1. The van der Waals surface area contributed by atoms with E-state index in [1.807, 2.05) is 0 Å². The number of hydrogen-bond acceptors (Lipinski definition) is 4. The third-order valence-electron chi connectivity index (χ3n) is 2.91. The van der Waals surface area contributed by atoms with E-state index in [1.165, 1.54) is 12.1 Å². The van der Waals surface area contributed by atoms with Crippen LogP contribution < -0.4 is 5.32 Å². The summed E-state index contributed by atoms with van der Waals surface area (Å²) in [6.07, 6.45) is -0.898. The van der Waals surface area contributed by atoms with Gasteiger partial charge in [-0.1, -0.05) is 29.8 Å². The fourth-order valence-corrected chi connectivity index (χ4v) is 1.98. The molecule has 0 unspecified atom stereocenters. The van der Waals surface area contributed by atoms with Gasteiger partial charge in [-0.2, -0.15) is 4.39 Å². The molecule has 0 amide bonds. The lowest BCUT2D eigenvalue weighted by molar-refractivity contribution is -0.386. The molecule has 0 bridgehead atoms. The van der Waals surface area contributed by atoms with E-state index >= 15 is 0 Å². The second kappa shape index (κ2) is 6.51. The molecule has 0 radical (unpaired) electrons. The van der Waals surface area contributed by atoms with Gasteiger partial charge in [0.25, 0.3) is 0 Å². The largest absolute Gasteiger partial charge is 0.387 e. The van der Waals surface area contributed by atoms with E-state index < -0.39 is 22.5 Å². The minimum absolute atomic E-state index is 0.00588. The summed E-state index contributed by atoms with van der Waals surface area (Å²) in [6.45, 7) is 0.00588. The topological polar surface area (TPSA) is 75.4 Å². The number of nitro groups is 1. The standard InChI is InChI=1S/C14H12ClFN2O3/c15-10-6-4-9(5-7-10)13(19)8-17-12-3-1-2-11(16)14(12)18(20)21/h1-7,13,17,19H,8H2/t13-/m0/s1. The second-order valence-corrected chi connectivity index (χ2v) is 4.78. The van der Waals surface area contributed by atoms with E-state index in [4.69, 9.17) is 11.6 Å². The molecule has 2 rings (SSSR count). The maximum atomic E-state index is 13.4. The number of aliphatic hydroxyl groups is 1. The van der Waals surface area contributed by atoms with Crippen molar-refractivity contribution in [1.82, 2.24) is 0 Å². The number of nitro benzene ring substituents is 1. The summed E-state index contributed by atoms with van der Waals surface area (Å²) in [5, 5.41) is 24.1. The molecule has 2 aromatic carbocycles. The number of halogens is 2. The van der Waals surface area contributed by atoms with Crippen LogP contribution in [0.1, 0.15) is 11.7 Å². The first-order valence-electron chi connectivity index (χ1n) is 6.09. The van der Waals surface area contributed by atoms with Crippen molar-refractivity contribution in [2.24, 2.45) is 0 Å². The van der Waals surface area contributed by atoms with Gasteiger partial charge in [0.1, 0.15) is 5.69 Å². The van der Waals surface area contributed by atoms with Crippen molar-refractivity contribution in [3.63, 3.8) is 0 Å². The second-order valence-electron chi connectivity index (χ2n) is 4.34. The van der Waals surface area contributed by atoms with Crippen molar-refractivity contribution < 1.29 is 14.4 Å². The van der Waals surface area contributed by atoms with Crippen molar-refractivity contribution in [2.45, 2.75) is 6.10 Å². The molecule has 0 fully saturated rings. The molecular weight excluding hydrogens is 299 g/mol. The Bertz CT molecular complexity index is 649. The van der Waals surface area contributed by atoms with Crippen molar-refractivity contribution in [3.05, 3.63) is 69.0 Å². The highest BCUT2D eigenvalue weighted by atomic mass is 35.5. The zero-order valence-electron chi connectivity index (χ0n) is 10.8. The number of benzene rings is 2. The maximum absolute atomic E-state index is 13.4. The summed E-state index contributed by atoms with van der Waals surface area (Å²) in [7, 11) is 0. The fourth-order valence-electron chi connectivity index (χ4n) is 1.85. The first kappa shape index (κ1) is 15.2. The molecule has 0 saturated carbocycles. The van der Waals surface area contributed by atoms with Crippen molar-refractivity contribution in [2.75, 3.05) is 11.9 Å². The van der Waals surface area contributed by atoms with Crippen LogP contribution in [0.25, 0.3) is 0 Å². The van der Waals surface area contributed by atoms with Crippen LogP contribution in [0.4, 0.5) is 15.8 Å². The van der Waals surface area contributed by atoms with Gasteiger partial charge < -0.3 is 10.4 Å². The molecule has 0 aliphatic heterocycles. The molecule has 0 aliphatic rings.